The van der Waals surface area contributed by atoms with E-state index in [0.717, 1.165) is 36.5 Å². The molecule has 2 heterocycles. The summed E-state index contributed by atoms with van der Waals surface area (Å²) in [5.41, 5.74) is 2.61. The summed E-state index contributed by atoms with van der Waals surface area (Å²) in [6, 6.07) is 4.00. The van der Waals surface area contributed by atoms with Crippen molar-refractivity contribution in [2.45, 2.75) is 44.7 Å². The monoisotopic (exact) mass is 291 g/mol. The first-order valence-electron chi connectivity index (χ1n) is 6.81. The lowest BCUT2D eigenvalue weighted by Crippen LogP contribution is -2.33. The summed E-state index contributed by atoms with van der Waals surface area (Å²) in [6.07, 6.45) is 3.97. The van der Waals surface area contributed by atoms with Gasteiger partial charge in [-0.1, -0.05) is 11.3 Å². The van der Waals surface area contributed by atoms with Crippen molar-refractivity contribution in [3.05, 3.63) is 33.7 Å². The van der Waals surface area contributed by atoms with E-state index >= 15 is 0 Å². The quantitative estimate of drug-likeness (QED) is 0.936. The number of aryl methyl sites for hydroxylation is 1. The maximum Gasteiger partial charge on any atom is 0.267 e. The Balaban J connectivity index is 1.63. The molecule has 3 rings (SSSR count). The van der Waals surface area contributed by atoms with E-state index in [1.807, 2.05) is 6.92 Å². The van der Waals surface area contributed by atoms with Gasteiger partial charge in [0.15, 0.2) is 0 Å². The van der Waals surface area contributed by atoms with E-state index in [-0.39, 0.29) is 11.6 Å². The van der Waals surface area contributed by atoms with Crippen molar-refractivity contribution in [2.75, 3.05) is 5.32 Å². The second-order valence-electron chi connectivity index (χ2n) is 5.15. The zero-order valence-electron chi connectivity index (χ0n) is 11.3. The standard InChI is InChI=1S/C13H17N5OS/c1-9-2-7-12(19)18(17-9)11-5-3-10(4-6-11)15-13-16-14-8-20-13/h2,7-8,10-11H,3-6H2,1H3,(H,15,16). The fourth-order valence-electron chi connectivity index (χ4n) is 2.66. The van der Waals surface area contributed by atoms with Crippen LogP contribution in [0.3, 0.4) is 0 Å². The molecule has 6 nitrogen and oxygen atoms in total. The lowest BCUT2D eigenvalue weighted by Gasteiger charge is -2.29. The van der Waals surface area contributed by atoms with E-state index in [0.29, 0.717) is 6.04 Å². The summed E-state index contributed by atoms with van der Waals surface area (Å²) < 4.78 is 1.65. The third-order valence-corrected chi connectivity index (χ3v) is 4.31. The number of rotatable bonds is 3. The Labute approximate surface area is 120 Å². The lowest BCUT2D eigenvalue weighted by atomic mass is 9.91. The Morgan fingerprint density at radius 3 is 2.80 bits per heavy atom. The zero-order chi connectivity index (χ0) is 13.9. The molecule has 106 valence electrons. The maximum atomic E-state index is 11.9. The predicted molar refractivity (Wildman–Crippen MR) is 78.1 cm³/mol. The van der Waals surface area contributed by atoms with Gasteiger partial charge in [0.05, 0.1) is 11.7 Å². The van der Waals surface area contributed by atoms with Crippen molar-refractivity contribution >= 4 is 16.5 Å². The van der Waals surface area contributed by atoms with Crippen molar-refractivity contribution in [2.24, 2.45) is 0 Å². The van der Waals surface area contributed by atoms with Crippen molar-refractivity contribution in [1.29, 1.82) is 0 Å². The van der Waals surface area contributed by atoms with Crippen LogP contribution >= 0.6 is 11.3 Å². The van der Waals surface area contributed by atoms with Crippen LogP contribution in [0.5, 0.6) is 0 Å². The number of aromatic nitrogens is 4. The highest BCUT2D eigenvalue weighted by molar-refractivity contribution is 7.13. The van der Waals surface area contributed by atoms with E-state index in [4.69, 9.17) is 0 Å². The second-order valence-corrected chi connectivity index (χ2v) is 5.98. The van der Waals surface area contributed by atoms with Crippen molar-refractivity contribution in [3.8, 4) is 0 Å². The predicted octanol–water partition coefficient (Wildman–Crippen LogP) is 2.00. The first-order valence-corrected chi connectivity index (χ1v) is 7.69. The largest absolute Gasteiger partial charge is 0.357 e. The highest BCUT2D eigenvalue weighted by Gasteiger charge is 2.24. The SMILES string of the molecule is Cc1ccc(=O)n(C2CCC(Nc3nncs3)CC2)n1. The van der Waals surface area contributed by atoms with E-state index in [1.165, 1.54) is 11.3 Å². The Morgan fingerprint density at radius 1 is 1.30 bits per heavy atom. The molecule has 1 aliphatic rings. The van der Waals surface area contributed by atoms with Crippen molar-refractivity contribution < 1.29 is 0 Å². The molecule has 0 bridgehead atoms. The van der Waals surface area contributed by atoms with Gasteiger partial charge in [0.25, 0.3) is 5.56 Å². The average Bonchev–Trinajstić information content (AvgIpc) is 2.95. The summed E-state index contributed by atoms with van der Waals surface area (Å²) in [6.45, 7) is 1.92. The molecule has 7 heteroatoms. The molecule has 0 saturated heterocycles. The van der Waals surface area contributed by atoms with E-state index in [1.54, 1.807) is 22.3 Å². The minimum Gasteiger partial charge on any atom is -0.357 e. The third-order valence-electron chi connectivity index (χ3n) is 3.69. The van der Waals surface area contributed by atoms with E-state index < -0.39 is 0 Å². The van der Waals surface area contributed by atoms with Crippen LogP contribution in [0.4, 0.5) is 5.13 Å². The molecular weight excluding hydrogens is 274 g/mol. The highest BCUT2D eigenvalue weighted by Crippen LogP contribution is 2.29. The van der Waals surface area contributed by atoms with E-state index in [9.17, 15) is 4.79 Å². The smallest absolute Gasteiger partial charge is 0.267 e. The van der Waals surface area contributed by atoms with Gasteiger partial charge in [-0.05, 0) is 38.7 Å². The van der Waals surface area contributed by atoms with Gasteiger partial charge in [0.1, 0.15) is 5.51 Å². The Hall–Kier alpha value is -1.76. The van der Waals surface area contributed by atoms with Crippen LogP contribution in [0.15, 0.2) is 22.4 Å². The number of hydrogen-bond donors (Lipinski definition) is 1. The van der Waals surface area contributed by atoms with Gasteiger partial charge in [-0.25, -0.2) is 4.68 Å². The molecule has 0 atom stereocenters. The summed E-state index contributed by atoms with van der Waals surface area (Å²) in [5.74, 6) is 0. The molecule has 0 spiro atoms. The van der Waals surface area contributed by atoms with Crippen LogP contribution in [0.2, 0.25) is 0 Å². The molecule has 0 amide bonds. The molecule has 2 aromatic heterocycles. The normalized spacial score (nSPS) is 22.6. The minimum absolute atomic E-state index is 0.00358. The second kappa shape index (κ2) is 5.70. The van der Waals surface area contributed by atoms with E-state index in [2.05, 4.69) is 20.6 Å². The first-order chi connectivity index (χ1) is 9.72. The number of anilines is 1. The molecule has 0 aliphatic heterocycles. The fourth-order valence-corrected chi connectivity index (χ4v) is 3.18. The molecule has 2 aromatic rings. The van der Waals surface area contributed by atoms with Crippen LogP contribution in [0.1, 0.15) is 37.4 Å². The molecule has 0 radical (unpaired) electrons. The maximum absolute atomic E-state index is 11.9. The molecule has 1 saturated carbocycles. The number of nitrogens with one attached hydrogen (secondary N) is 1. The van der Waals surface area contributed by atoms with Crippen molar-refractivity contribution in [1.82, 2.24) is 20.0 Å². The number of hydrogen-bond acceptors (Lipinski definition) is 6. The van der Waals surface area contributed by atoms with Gasteiger partial charge < -0.3 is 5.32 Å². The van der Waals surface area contributed by atoms with Gasteiger partial charge in [-0.3, -0.25) is 4.79 Å². The van der Waals surface area contributed by atoms with Crippen LogP contribution in [0.25, 0.3) is 0 Å². The zero-order valence-corrected chi connectivity index (χ0v) is 12.1. The molecule has 1 N–H and O–H groups in total. The summed E-state index contributed by atoms with van der Waals surface area (Å²) in [4.78, 5) is 11.9. The fraction of sp³-hybridized carbons (Fsp3) is 0.538. The van der Waals surface area contributed by atoms with Crippen LogP contribution in [-0.2, 0) is 0 Å². The summed E-state index contributed by atoms with van der Waals surface area (Å²) in [7, 11) is 0. The molecule has 20 heavy (non-hydrogen) atoms. The first kappa shape index (κ1) is 13.2. The van der Waals surface area contributed by atoms with Gasteiger partial charge in [-0.2, -0.15) is 5.10 Å². The summed E-state index contributed by atoms with van der Waals surface area (Å²) >= 11 is 1.52. The van der Waals surface area contributed by atoms with Crippen LogP contribution in [0, 0.1) is 6.92 Å². The Bertz CT molecular complexity index is 616. The average molecular weight is 291 g/mol. The van der Waals surface area contributed by atoms with Gasteiger partial charge in [-0.15, -0.1) is 10.2 Å². The van der Waals surface area contributed by atoms with Crippen LogP contribution < -0.4 is 10.9 Å². The molecule has 1 aliphatic carbocycles. The summed E-state index contributed by atoms with van der Waals surface area (Å²) in [5, 5.41) is 16.5. The number of nitrogens with zero attached hydrogens (tertiary/aromatic N) is 4. The topological polar surface area (TPSA) is 72.7 Å². The molecule has 0 unspecified atom stereocenters. The van der Waals surface area contributed by atoms with Crippen molar-refractivity contribution in [3.63, 3.8) is 0 Å². The van der Waals surface area contributed by atoms with Crippen LogP contribution in [-0.4, -0.2) is 26.0 Å². The lowest BCUT2D eigenvalue weighted by molar-refractivity contribution is 0.302. The Morgan fingerprint density at radius 2 is 2.10 bits per heavy atom. The third kappa shape index (κ3) is 2.87. The van der Waals surface area contributed by atoms with Gasteiger partial charge in [0.2, 0.25) is 5.13 Å². The van der Waals surface area contributed by atoms with Gasteiger partial charge in [0, 0.05) is 12.1 Å². The molecular formula is C13H17N5OS. The molecule has 1 fully saturated rings. The Kier molecular flexibility index (Phi) is 3.77. The minimum atomic E-state index is -0.00358. The highest BCUT2D eigenvalue weighted by atomic mass is 32.1. The van der Waals surface area contributed by atoms with Gasteiger partial charge >= 0.3 is 0 Å². The molecule has 0 aromatic carbocycles.